The van der Waals surface area contributed by atoms with Crippen molar-refractivity contribution in [3.05, 3.63) is 23.8 Å². The van der Waals surface area contributed by atoms with E-state index >= 15 is 0 Å². The van der Waals surface area contributed by atoms with E-state index in [4.69, 9.17) is 0 Å². The van der Waals surface area contributed by atoms with E-state index in [0.717, 1.165) is 10.1 Å². The largest absolute Gasteiger partial charge is 0.499 e. The number of fused-ring (bicyclic) bond motifs is 1. The van der Waals surface area contributed by atoms with Crippen molar-refractivity contribution in [2.45, 2.75) is 11.8 Å². The van der Waals surface area contributed by atoms with Crippen LogP contribution in [0.5, 0.6) is 5.06 Å². The summed E-state index contributed by atoms with van der Waals surface area (Å²) in [6.07, 6.45) is 2.07. The number of aryl methyl sites for hydroxylation is 1. The third kappa shape index (κ3) is 1.54. The van der Waals surface area contributed by atoms with Crippen LogP contribution in [0.4, 0.5) is 0 Å². The average Bonchev–Trinajstić information content (AvgIpc) is 2.42. The van der Waals surface area contributed by atoms with Crippen LogP contribution >= 0.6 is 23.1 Å². The van der Waals surface area contributed by atoms with Crippen LogP contribution in [0.1, 0.15) is 5.56 Å². The second kappa shape index (κ2) is 3.24. The molecule has 0 amide bonds. The summed E-state index contributed by atoms with van der Waals surface area (Å²) < 4.78 is 1.16. The molecule has 1 aromatic heterocycles. The number of hydrogen-bond acceptors (Lipinski definition) is 3. The molecule has 0 radical (unpaired) electrons. The molecule has 0 fully saturated rings. The Balaban J connectivity index is 2.72. The number of aromatic hydroxyl groups is 1. The summed E-state index contributed by atoms with van der Waals surface area (Å²) >= 11 is 3.18. The van der Waals surface area contributed by atoms with Crippen LogP contribution in [0.15, 0.2) is 23.1 Å². The zero-order valence-corrected chi connectivity index (χ0v) is 9.13. The highest BCUT2D eigenvalue weighted by molar-refractivity contribution is 7.98. The van der Waals surface area contributed by atoms with Gasteiger partial charge in [-0.15, -0.1) is 11.8 Å². The Bertz CT molecular complexity index is 445. The molecule has 0 atom stereocenters. The molecule has 0 aliphatic rings. The molecule has 0 saturated carbocycles. The lowest BCUT2D eigenvalue weighted by Crippen LogP contribution is -1.76. The first-order valence-corrected chi connectivity index (χ1v) is 6.02. The molecule has 0 bridgehead atoms. The third-order valence-corrected chi connectivity index (χ3v) is 3.80. The second-order valence-corrected chi connectivity index (χ2v) is 4.85. The maximum absolute atomic E-state index is 9.32. The van der Waals surface area contributed by atoms with Gasteiger partial charge in [0.05, 0.1) is 0 Å². The predicted octanol–water partition coefficient (Wildman–Crippen LogP) is 3.64. The van der Waals surface area contributed by atoms with Crippen molar-refractivity contribution in [1.82, 2.24) is 0 Å². The molecule has 13 heavy (non-hydrogen) atoms. The van der Waals surface area contributed by atoms with Crippen LogP contribution in [0, 0.1) is 6.92 Å². The van der Waals surface area contributed by atoms with E-state index in [1.165, 1.54) is 21.8 Å². The van der Waals surface area contributed by atoms with Gasteiger partial charge in [-0.25, -0.2) is 0 Å². The molecule has 0 unspecified atom stereocenters. The Morgan fingerprint density at radius 1 is 1.31 bits per heavy atom. The monoisotopic (exact) mass is 210 g/mol. The highest BCUT2D eigenvalue weighted by atomic mass is 32.2. The zero-order valence-electron chi connectivity index (χ0n) is 7.50. The van der Waals surface area contributed by atoms with Gasteiger partial charge in [0, 0.05) is 9.60 Å². The Hall–Kier alpha value is -0.670. The van der Waals surface area contributed by atoms with Gasteiger partial charge in [-0.2, -0.15) is 0 Å². The van der Waals surface area contributed by atoms with Crippen molar-refractivity contribution in [2.24, 2.45) is 0 Å². The number of benzene rings is 1. The fraction of sp³-hybridized carbons (Fsp3) is 0.200. The zero-order chi connectivity index (χ0) is 9.42. The molecule has 0 spiro atoms. The second-order valence-electron chi connectivity index (χ2n) is 2.94. The van der Waals surface area contributed by atoms with Crippen LogP contribution in [0.2, 0.25) is 0 Å². The van der Waals surface area contributed by atoms with Crippen molar-refractivity contribution >= 4 is 33.2 Å². The molecule has 68 valence electrons. The van der Waals surface area contributed by atoms with E-state index in [-0.39, 0.29) is 0 Å². The smallest absolute Gasteiger partial charge is 0.172 e. The van der Waals surface area contributed by atoms with Crippen molar-refractivity contribution in [3.63, 3.8) is 0 Å². The van der Waals surface area contributed by atoms with E-state index in [1.807, 2.05) is 6.07 Å². The van der Waals surface area contributed by atoms with Crippen molar-refractivity contribution in [3.8, 4) is 5.06 Å². The summed E-state index contributed by atoms with van der Waals surface area (Å²) in [5.41, 5.74) is 1.28. The van der Waals surface area contributed by atoms with Gasteiger partial charge in [0.2, 0.25) is 0 Å². The molecule has 0 aliphatic heterocycles. The summed E-state index contributed by atoms with van der Waals surface area (Å²) in [5, 5.41) is 10.9. The van der Waals surface area contributed by atoms with Gasteiger partial charge in [0.15, 0.2) is 5.06 Å². The molecule has 1 nitrogen and oxygen atoms in total. The Morgan fingerprint density at radius 2 is 2.08 bits per heavy atom. The number of hydrogen-bond donors (Lipinski definition) is 1. The van der Waals surface area contributed by atoms with Gasteiger partial charge in [-0.05, 0) is 42.3 Å². The number of thioether (sulfide) groups is 1. The summed E-state index contributed by atoms with van der Waals surface area (Å²) in [7, 11) is 0. The minimum absolute atomic E-state index is 0.396. The van der Waals surface area contributed by atoms with Crippen LogP contribution in [-0.4, -0.2) is 11.4 Å². The maximum Gasteiger partial charge on any atom is 0.172 e. The van der Waals surface area contributed by atoms with Crippen molar-refractivity contribution in [1.29, 1.82) is 0 Å². The third-order valence-electron chi connectivity index (χ3n) is 2.02. The fourth-order valence-corrected chi connectivity index (χ4v) is 2.90. The lowest BCUT2D eigenvalue weighted by molar-refractivity contribution is 0.491. The fourth-order valence-electron chi connectivity index (χ4n) is 1.39. The van der Waals surface area contributed by atoms with E-state index in [1.54, 1.807) is 11.8 Å². The Morgan fingerprint density at radius 3 is 2.77 bits per heavy atom. The highest BCUT2D eigenvalue weighted by Crippen LogP contribution is 2.34. The normalized spacial score (nSPS) is 10.9. The maximum atomic E-state index is 9.32. The van der Waals surface area contributed by atoms with E-state index in [0.29, 0.717) is 5.06 Å². The van der Waals surface area contributed by atoms with Crippen LogP contribution in [-0.2, 0) is 0 Å². The lowest BCUT2D eigenvalue weighted by Gasteiger charge is -2.01. The van der Waals surface area contributed by atoms with Gasteiger partial charge < -0.3 is 5.11 Å². The van der Waals surface area contributed by atoms with Crippen LogP contribution in [0.3, 0.4) is 0 Å². The summed E-state index contributed by atoms with van der Waals surface area (Å²) in [6, 6.07) is 6.08. The molecule has 2 rings (SSSR count). The first-order chi connectivity index (χ1) is 6.20. The quantitative estimate of drug-likeness (QED) is 0.725. The first-order valence-electron chi connectivity index (χ1n) is 3.98. The summed E-state index contributed by atoms with van der Waals surface area (Å²) in [5.74, 6) is 0. The Kier molecular flexibility index (Phi) is 2.22. The minimum atomic E-state index is 0.396. The predicted molar refractivity (Wildman–Crippen MR) is 60.0 cm³/mol. The van der Waals surface area contributed by atoms with Crippen molar-refractivity contribution in [2.75, 3.05) is 6.26 Å². The molecule has 1 aromatic carbocycles. The van der Waals surface area contributed by atoms with E-state index < -0.39 is 0 Å². The highest BCUT2D eigenvalue weighted by Gasteiger charge is 2.03. The van der Waals surface area contributed by atoms with Crippen molar-refractivity contribution < 1.29 is 5.11 Å². The Labute approximate surface area is 85.4 Å². The molecule has 1 N–H and O–H groups in total. The SMILES string of the molecule is CSc1cc2sc(O)cc2cc1C. The van der Waals surface area contributed by atoms with E-state index in [9.17, 15) is 5.11 Å². The summed E-state index contributed by atoms with van der Waals surface area (Å²) in [6.45, 7) is 2.10. The summed E-state index contributed by atoms with van der Waals surface area (Å²) in [4.78, 5) is 1.29. The lowest BCUT2D eigenvalue weighted by atomic mass is 10.2. The molecule has 1 heterocycles. The van der Waals surface area contributed by atoms with Crippen LogP contribution in [0.25, 0.3) is 10.1 Å². The van der Waals surface area contributed by atoms with Crippen LogP contribution < -0.4 is 0 Å². The molecular formula is C10H10OS2. The molecule has 0 saturated heterocycles. The standard InChI is InChI=1S/C10H10OS2/c1-6-3-7-4-10(11)13-9(7)5-8(6)12-2/h3-5,11H,1-2H3. The van der Waals surface area contributed by atoms with Gasteiger partial charge in [0.1, 0.15) is 0 Å². The first kappa shape index (κ1) is 8.91. The number of thiophene rings is 1. The van der Waals surface area contributed by atoms with Gasteiger partial charge in [-0.1, -0.05) is 11.3 Å². The molecule has 3 heteroatoms. The van der Waals surface area contributed by atoms with Gasteiger partial charge >= 0.3 is 0 Å². The van der Waals surface area contributed by atoms with Gasteiger partial charge in [0.25, 0.3) is 0 Å². The molecular weight excluding hydrogens is 200 g/mol. The average molecular weight is 210 g/mol. The molecule has 2 aromatic rings. The van der Waals surface area contributed by atoms with E-state index in [2.05, 4.69) is 25.3 Å². The molecule has 0 aliphatic carbocycles. The topological polar surface area (TPSA) is 20.2 Å². The number of rotatable bonds is 1. The minimum Gasteiger partial charge on any atom is -0.499 e. The van der Waals surface area contributed by atoms with Gasteiger partial charge in [-0.3, -0.25) is 0 Å².